The molecule has 47 heavy (non-hydrogen) atoms. The van der Waals surface area contributed by atoms with Crippen molar-refractivity contribution < 1.29 is 4.74 Å². The Morgan fingerprint density at radius 3 is 2.19 bits per heavy atom. The molecule has 222 valence electrons. The lowest BCUT2D eigenvalue weighted by atomic mass is 9.63. The van der Waals surface area contributed by atoms with Gasteiger partial charge in [0.2, 0.25) is 0 Å². The molecule has 0 amide bonds. The second-order valence-electron chi connectivity index (χ2n) is 13.2. The van der Waals surface area contributed by atoms with Gasteiger partial charge in [0.1, 0.15) is 11.5 Å². The number of nitrogens with zero attached hydrogens (tertiary/aromatic N) is 1. The zero-order valence-corrected chi connectivity index (χ0v) is 26.6. The van der Waals surface area contributed by atoms with E-state index in [-0.39, 0.29) is 5.92 Å². The molecule has 6 aromatic carbocycles. The van der Waals surface area contributed by atoms with Crippen LogP contribution in [-0.4, -0.2) is 4.57 Å². The molecule has 8 aromatic rings. The summed E-state index contributed by atoms with van der Waals surface area (Å²) in [7, 11) is 0. The first-order valence-corrected chi connectivity index (χ1v) is 17.3. The third kappa shape index (κ3) is 3.15. The summed E-state index contributed by atoms with van der Waals surface area (Å²) in [6.07, 6.45) is 5.67. The molecule has 3 aliphatic rings. The van der Waals surface area contributed by atoms with Crippen LogP contribution in [0, 0.1) is 5.92 Å². The highest BCUT2D eigenvalue weighted by atomic mass is 32.1. The van der Waals surface area contributed by atoms with E-state index < -0.39 is 5.41 Å². The van der Waals surface area contributed by atoms with E-state index in [1.807, 2.05) is 11.3 Å². The fourth-order valence-corrected chi connectivity index (χ4v) is 10.0. The van der Waals surface area contributed by atoms with Crippen LogP contribution in [0.1, 0.15) is 30.0 Å². The molecule has 0 bridgehead atoms. The minimum atomic E-state index is -0.451. The van der Waals surface area contributed by atoms with Crippen LogP contribution in [0.15, 0.2) is 151 Å². The molecule has 3 heterocycles. The standard InChI is InChI=1S/C44H29NOS/c1-26-11-10-18-35-42(26)46-43-36(44(35)33-16-6-2-12-28(33)29-13-3-7-17-34(29)44)22-23-38-41(43)31-15-4-8-19-37(31)45(38)27-21-24-40-32(25-27)30-14-5-9-20-39(30)47-40/h2-10,12-26H,11H2,1H3. The lowest BCUT2D eigenvalue weighted by Crippen LogP contribution is -2.36. The summed E-state index contributed by atoms with van der Waals surface area (Å²) in [6, 6.07) is 47.3. The van der Waals surface area contributed by atoms with Gasteiger partial charge in [-0.1, -0.05) is 110 Å². The van der Waals surface area contributed by atoms with Gasteiger partial charge in [-0.05, 0) is 65.1 Å². The van der Waals surface area contributed by atoms with E-state index in [0.29, 0.717) is 0 Å². The lowest BCUT2D eigenvalue weighted by molar-refractivity contribution is 0.326. The zero-order valence-electron chi connectivity index (χ0n) is 25.8. The first-order chi connectivity index (χ1) is 23.2. The molecule has 0 radical (unpaired) electrons. The third-order valence-electron chi connectivity index (χ3n) is 10.9. The van der Waals surface area contributed by atoms with Gasteiger partial charge in [-0.2, -0.15) is 0 Å². The number of allylic oxidation sites excluding steroid dienone is 4. The van der Waals surface area contributed by atoms with Gasteiger partial charge >= 0.3 is 0 Å². The normalized spacial score (nSPS) is 17.3. The summed E-state index contributed by atoms with van der Waals surface area (Å²) < 4.78 is 12.4. The predicted octanol–water partition coefficient (Wildman–Crippen LogP) is 11.7. The van der Waals surface area contributed by atoms with Crippen molar-refractivity contribution in [3.63, 3.8) is 0 Å². The third-order valence-corrected chi connectivity index (χ3v) is 12.0. The smallest absolute Gasteiger partial charge is 0.141 e. The van der Waals surface area contributed by atoms with Crippen molar-refractivity contribution in [3.8, 4) is 22.6 Å². The molecule has 1 aliphatic heterocycles. The van der Waals surface area contributed by atoms with E-state index in [1.165, 1.54) is 81.1 Å². The maximum atomic E-state index is 7.27. The zero-order chi connectivity index (χ0) is 30.9. The second kappa shape index (κ2) is 9.12. The molecule has 0 fully saturated rings. The van der Waals surface area contributed by atoms with Gasteiger partial charge in [-0.3, -0.25) is 0 Å². The summed E-state index contributed by atoms with van der Waals surface area (Å²) in [4.78, 5) is 0. The Bertz CT molecular complexity index is 2670. The van der Waals surface area contributed by atoms with Crippen LogP contribution < -0.4 is 4.74 Å². The monoisotopic (exact) mass is 619 g/mol. The SMILES string of the molecule is CC1CC=CC2=C1Oc1c(ccc3c1c1ccccc1n3-c1ccc3sc4ccccc4c3c1)C21c2ccccc2-c2ccccc21. The molecule has 0 saturated carbocycles. The average molecular weight is 620 g/mol. The highest BCUT2D eigenvalue weighted by Crippen LogP contribution is 2.63. The van der Waals surface area contributed by atoms with Crippen LogP contribution >= 0.6 is 11.3 Å². The number of thiophene rings is 1. The molecule has 2 nitrogen and oxygen atoms in total. The second-order valence-corrected chi connectivity index (χ2v) is 14.3. The topological polar surface area (TPSA) is 14.2 Å². The molecular formula is C44H29NOS. The Balaban J connectivity index is 1.27. The number of para-hydroxylation sites is 1. The maximum Gasteiger partial charge on any atom is 0.141 e. The molecule has 2 aliphatic carbocycles. The molecular weight excluding hydrogens is 591 g/mol. The van der Waals surface area contributed by atoms with Gasteiger partial charge in [0, 0.05) is 48.3 Å². The number of fused-ring (bicyclic) bond motifs is 15. The first kappa shape index (κ1) is 25.8. The van der Waals surface area contributed by atoms with E-state index in [9.17, 15) is 0 Å². The minimum absolute atomic E-state index is 0.276. The van der Waals surface area contributed by atoms with E-state index in [0.717, 1.165) is 17.9 Å². The molecule has 1 spiro atoms. The maximum absolute atomic E-state index is 7.27. The van der Waals surface area contributed by atoms with Crippen molar-refractivity contribution in [1.82, 2.24) is 4.57 Å². The summed E-state index contributed by atoms with van der Waals surface area (Å²) >= 11 is 1.86. The van der Waals surface area contributed by atoms with Crippen molar-refractivity contribution in [2.45, 2.75) is 18.8 Å². The first-order valence-electron chi connectivity index (χ1n) is 16.5. The summed E-state index contributed by atoms with van der Waals surface area (Å²) in [5.74, 6) is 2.37. The van der Waals surface area contributed by atoms with Crippen molar-refractivity contribution in [2.24, 2.45) is 5.92 Å². The van der Waals surface area contributed by atoms with Crippen LogP contribution in [0.3, 0.4) is 0 Å². The molecule has 11 rings (SSSR count). The van der Waals surface area contributed by atoms with Gasteiger partial charge in [-0.25, -0.2) is 0 Å². The van der Waals surface area contributed by atoms with E-state index in [1.54, 1.807) is 0 Å². The molecule has 0 N–H and O–H groups in total. The van der Waals surface area contributed by atoms with Crippen LogP contribution in [0.25, 0.3) is 58.8 Å². The van der Waals surface area contributed by atoms with E-state index in [2.05, 4.69) is 151 Å². The van der Waals surface area contributed by atoms with Crippen LogP contribution in [0.5, 0.6) is 5.75 Å². The Hall–Kier alpha value is -5.38. The fraction of sp³-hybridized carbons (Fsp3) is 0.0909. The number of hydrogen-bond acceptors (Lipinski definition) is 2. The molecule has 2 aromatic heterocycles. The van der Waals surface area contributed by atoms with Crippen molar-refractivity contribution in [1.29, 1.82) is 0 Å². The Morgan fingerprint density at radius 2 is 1.36 bits per heavy atom. The van der Waals surface area contributed by atoms with E-state index in [4.69, 9.17) is 4.74 Å². The van der Waals surface area contributed by atoms with Gasteiger partial charge in [0.05, 0.1) is 21.8 Å². The highest BCUT2D eigenvalue weighted by Gasteiger charge is 2.53. The number of hydrogen-bond donors (Lipinski definition) is 0. The van der Waals surface area contributed by atoms with Gasteiger partial charge in [0.25, 0.3) is 0 Å². The highest BCUT2D eigenvalue weighted by molar-refractivity contribution is 7.25. The lowest BCUT2D eigenvalue weighted by Gasteiger charge is -2.42. The van der Waals surface area contributed by atoms with E-state index >= 15 is 0 Å². The number of aromatic nitrogens is 1. The van der Waals surface area contributed by atoms with Crippen LogP contribution in [-0.2, 0) is 5.41 Å². The molecule has 1 unspecified atom stereocenters. The van der Waals surface area contributed by atoms with Crippen molar-refractivity contribution >= 4 is 53.3 Å². The van der Waals surface area contributed by atoms with Crippen LogP contribution in [0.4, 0.5) is 0 Å². The van der Waals surface area contributed by atoms with Gasteiger partial charge < -0.3 is 9.30 Å². The van der Waals surface area contributed by atoms with Gasteiger partial charge in [0.15, 0.2) is 0 Å². The molecule has 3 heteroatoms. The fourth-order valence-electron chi connectivity index (χ4n) is 8.94. The number of benzene rings is 6. The summed E-state index contributed by atoms with van der Waals surface area (Å²) in [5.41, 5.74) is 10.9. The largest absolute Gasteiger partial charge is 0.460 e. The average Bonchev–Trinajstić information content (AvgIpc) is 3.76. The summed E-state index contributed by atoms with van der Waals surface area (Å²) in [5, 5.41) is 5.02. The summed E-state index contributed by atoms with van der Waals surface area (Å²) in [6.45, 7) is 2.31. The van der Waals surface area contributed by atoms with Gasteiger partial charge in [-0.15, -0.1) is 11.3 Å². The number of rotatable bonds is 1. The number of ether oxygens (including phenoxy) is 1. The Labute approximate surface area is 276 Å². The molecule has 1 atom stereocenters. The van der Waals surface area contributed by atoms with Crippen molar-refractivity contribution in [2.75, 3.05) is 0 Å². The quantitative estimate of drug-likeness (QED) is 0.178. The van der Waals surface area contributed by atoms with Crippen molar-refractivity contribution in [3.05, 3.63) is 168 Å². The van der Waals surface area contributed by atoms with Crippen LogP contribution in [0.2, 0.25) is 0 Å². The Kier molecular flexibility index (Phi) is 5.00. The minimum Gasteiger partial charge on any atom is -0.460 e. The molecule has 0 saturated heterocycles. The Morgan fingerprint density at radius 1 is 0.660 bits per heavy atom. The predicted molar refractivity (Wildman–Crippen MR) is 196 cm³/mol.